The molecule has 0 saturated heterocycles. The molecule has 0 aliphatic carbocycles. The summed E-state index contributed by atoms with van der Waals surface area (Å²) in [4.78, 5) is 24.3. The van der Waals surface area contributed by atoms with Gasteiger partial charge in [-0.1, -0.05) is 0 Å². The molecule has 2 aromatic carbocycles. The normalized spacial score (nSPS) is 13.8. The van der Waals surface area contributed by atoms with Crippen LogP contribution in [0.4, 0.5) is 5.69 Å². The van der Waals surface area contributed by atoms with Crippen LogP contribution < -0.4 is 22.1 Å². The molecule has 0 radical (unpaired) electrons. The molecule has 1 aromatic heterocycles. The summed E-state index contributed by atoms with van der Waals surface area (Å²) in [5.41, 5.74) is 4.15. The number of hydrogen-bond acceptors (Lipinski definition) is 4. The third kappa shape index (κ3) is 3.84. The molecule has 1 aliphatic rings. The molecule has 0 saturated carbocycles. The van der Waals surface area contributed by atoms with Crippen LogP contribution in [-0.2, 0) is 11.2 Å². The van der Waals surface area contributed by atoms with E-state index in [-0.39, 0.29) is 23.1 Å². The molecule has 0 spiro atoms. The van der Waals surface area contributed by atoms with E-state index in [0.717, 1.165) is 44.8 Å². The van der Waals surface area contributed by atoms with Gasteiger partial charge in [0.15, 0.2) is 0 Å². The number of aryl methyl sites for hydroxylation is 1. The molecule has 0 atom stereocenters. The molecular formula is C19H16I2N3OS-. The number of rotatable bonds is 4. The van der Waals surface area contributed by atoms with E-state index in [4.69, 9.17) is 9.97 Å². The summed E-state index contributed by atoms with van der Waals surface area (Å²) < 4.78 is 1.06. The number of hydrogen-bond donors (Lipinski definition) is 0. The summed E-state index contributed by atoms with van der Waals surface area (Å²) >= 11 is 3.70. The summed E-state index contributed by atoms with van der Waals surface area (Å²) in [7, 11) is 0. The van der Waals surface area contributed by atoms with Gasteiger partial charge in [-0.05, 0) is 0 Å². The second kappa shape index (κ2) is 8.39. The van der Waals surface area contributed by atoms with E-state index in [9.17, 15) is 4.79 Å². The maximum atomic E-state index is 12.9. The van der Waals surface area contributed by atoms with Gasteiger partial charge in [-0.2, -0.15) is 0 Å². The molecule has 1 amide bonds. The first-order valence-corrected chi connectivity index (χ1v) is 16.6. The first-order chi connectivity index (χ1) is 12.8. The first kappa shape index (κ1) is 18.4. The number of fused-ring (bicyclic) bond motifs is 2. The number of halogens is 2. The Balaban J connectivity index is 1.54. The molecule has 4 nitrogen and oxygen atoms in total. The second-order valence-corrected chi connectivity index (χ2v) is 11.1. The quantitative estimate of drug-likeness (QED) is 0.341. The standard InChI is InChI=1S/C19H16I2N3OS/c20-21-18-19(23-15-9-3-2-8-14(15)22-18)26-12-17(25)24-11-5-7-13-6-1-4-10-16(13)24/h1-4,6,8-10H,5,7,11-12H2/q-1. The second-order valence-electron chi connectivity index (χ2n) is 5.95. The fourth-order valence-corrected chi connectivity index (χ4v) is 8.05. The molecular weight excluding hydrogens is 572 g/mol. The Morgan fingerprint density at radius 1 is 1.12 bits per heavy atom. The van der Waals surface area contributed by atoms with Crippen molar-refractivity contribution < 1.29 is 22.0 Å². The van der Waals surface area contributed by atoms with E-state index >= 15 is 0 Å². The van der Waals surface area contributed by atoms with Crippen LogP contribution in [0.3, 0.4) is 0 Å². The van der Waals surface area contributed by atoms with Gasteiger partial charge >= 0.3 is 178 Å². The van der Waals surface area contributed by atoms with Crippen molar-refractivity contribution in [1.82, 2.24) is 9.97 Å². The van der Waals surface area contributed by atoms with Gasteiger partial charge in [0.2, 0.25) is 0 Å². The first-order valence-electron chi connectivity index (χ1n) is 8.30. The predicted molar refractivity (Wildman–Crippen MR) is 110 cm³/mol. The Morgan fingerprint density at radius 2 is 1.85 bits per heavy atom. The number of para-hydroxylation sites is 3. The third-order valence-electron chi connectivity index (χ3n) is 4.31. The van der Waals surface area contributed by atoms with Crippen LogP contribution in [0.15, 0.2) is 53.6 Å². The fourth-order valence-electron chi connectivity index (χ4n) is 3.10. The van der Waals surface area contributed by atoms with Gasteiger partial charge in [0.1, 0.15) is 0 Å². The Labute approximate surface area is 176 Å². The average molecular weight is 588 g/mol. The van der Waals surface area contributed by atoms with E-state index in [2.05, 4.69) is 30.7 Å². The summed E-state index contributed by atoms with van der Waals surface area (Å²) in [5.74, 6) is 0.545. The molecule has 2 heterocycles. The zero-order valence-electron chi connectivity index (χ0n) is 13.9. The van der Waals surface area contributed by atoms with Crippen LogP contribution in [-0.4, -0.2) is 28.2 Å². The molecule has 0 bridgehead atoms. The molecule has 26 heavy (non-hydrogen) atoms. The third-order valence-corrected chi connectivity index (χ3v) is 9.35. The van der Waals surface area contributed by atoms with Crippen molar-refractivity contribution >= 4 is 53.0 Å². The minimum atomic E-state index is -0.227. The summed E-state index contributed by atoms with van der Waals surface area (Å²) in [6.45, 7) is 0.797. The van der Waals surface area contributed by atoms with E-state index in [1.54, 1.807) is 0 Å². The SMILES string of the molecule is O=C(CSc1nc2ccccc2nc1[I-]I)N1CCCc2ccccc21. The zero-order valence-corrected chi connectivity index (χ0v) is 19.0. The van der Waals surface area contributed by atoms with Crippen molar-refractivity contribution in [3.05, 3.63) is 57.8 Å². The number of amides is 1. The Bertz CT molecular complexity index is 966. The van der Waals surface area contributed by atoms with Gasteiger partial charge in [0.25, 0.3) is 0 Å². The summed E-state index contributed by atoms with van der Waals surface area (Å²) in [6, 6.07) is 16.1. The van der Waals surface area contributed by atoms with Crippen molar-refractivity contribution in [3.8, 4) is 0 Å². The van der Waals surface area contributed by atoms with Crippen LogP contribution in [0.25, 0.3) is 11.0 Å². The van der Waals surface area contributed by atoms with Gasteiger partial charge in [-0.15, -0.1) is 0 Å². The number of thioether (sulfide) groups is 1. The van der Waals surface area contributed by atoms with Crippen molar-refractivity contribution in [2.24, 2.45) is 0 Å². The van der Waals surface area contributed by atoms with Crippen LogP contribution in [0, 0.1) is 3.70 Å². The van der Waals surface area contributed by atoms with E-state index in [1.165, 1.54) is 17.3 Å². The number of aromatic nitrogens is 2. The van der Waals surface area contributed by atoms with Crippen LogP contribution in [0.5, 0.6) is 0 Å². The topological polar surface area (TPSA) is 46.1 Å². The van der Waals surface area contributed by atoms with E-state index < -0.39 is 0 Å². The molecule has 1 aliphatic heterocycles. The van der Waals surface area contributed by atoms with Crippen LogP contribution in [0.2, 0.25) is 0 Å². The number of benzene rings is 2. The van der Waals surface area contributed by atoms with E-state index in [1.807, 2.05) is 41.3 Å². The Hall–Kier alpha value is -0.940. The van der Waals surface area contributed by atoms with Gasteiger partial charge in [-0.25, -0.2) is 0 Å². The molecule has 0 unspecified atom stereocenters. The molecule has 134 valence electrons. The van der Waals surface area contributed by atoms with Crippen LogP contribution in [0.1, 0.15) is 12.0 Å². The van der Waals surface area contributed by atoms with Crippen molar-refractivity contribution in [2.75, 3.05) is 17.2 Å². The fraction of sp³-hybridized carbons (Fsp3) is 0.211. The molecule has 7 heteroatoms. The van der Waals surface area contributed by atoms with Gasteiger partial charge in [0.05, 0.1) is 0 Å². The Kier molecular flexibility index (Phi) is 5.94. The zero-order chi connectivity index (χ0) is 17.9. The molecule has 0 fully saturated rings. The van der Waals surface area contributed by atoms with Crippen molar-refractivity contribution in [2.45, 2.75) is 17.9 Å². The molecule has 0 N–H and O–H groups in total. The van der Waals surface area contributed by atoms with Gasteiger partial charge < -0.3 is 0 Å². The van der Waals surface area contributed by atoms with Gasteiger partial charge in [-0.3, -0.25) is 0 Å². The monoisotopic (exact) mass is 588 g/mol. The molecule has 4 rings (SSSR count). The summed E-state index contributed by atoms with van der Waals surface area (Å²) in [5, 5.41) is 0.907. The number of nitrogens with zero attached hydrogens (tertiary/aromatic N) is 3. The van der Waals surface area contributed by atoms with Crippen molar-refractivity contribution in [3.63, 3.8) is 0 Å². The summed E-state index contributed by atoms with van der Waals surface area (Å²) in [6.07, 6.45) is 2.07. The van der Waals surface area contributed by atoms with E-state index in [0.29, 0.717) is 5.75 Å². The molecule has 3 aromatic rings. The minimum absolute atomic E-state index is 0.148. The van der Waals surface area contributed by atoms with Gasteiger partial charge in [0, 0.05) is 0 Å². The number of carbonyl (C=O) groups excluding carboxylic acids is 1. The number of anilines is 1. The maximum absolute atomic E-state index is 12.9. The predicted octanol–water partition coefficient (Wildman–Crippen LogP) is 1.31. The number of carbonyl (C=O) groups is 1. The average Bonchev–Trinajstić information content (AvgIpc) is 2.70. The van der Waals surface area contributed by atoms with Crippen LogP contribution >= 0.6 is 30.4 Å². The Morgan fingerprint density at radius 3 is 2.65 bits per heavy atom. The van der Waals surface area contributed by atoms with Crippen molar-refractivity contribution in [1.29, 1.82) is 0 Å².